The first-order valence-electron chi connectivity index (χ1n) is 7.37. The molecule has 0 aliphatic rings. The Kier molecular flexibility index (Phi) is 7.49. The Morgan fingerprint density at radius 1 is 1.32 bits per heavy atom. The molecule has 134 valence electrons. The molecule has 0 aliphatic carbocycles. The van der Waals surface area contributed by atoms with Crippen LogP contribution in [0.15, 0.2) is 22.5 Å². The molecule has 6 nitrogen and oxygen atoms in total. The van der Waals surface area contributed by atoms with E-state index in [0.29, 0.717) is 27.5 Å². The van der Waals surface area contributed by atoms with Crippen LogP contribution in [0.5, 0.6) is 0 Å². The Morgan fingerprint density at radius 3 is 2.72 bits per heavy atom. The van der Waals surface area contributed by atoms with Crippen LogP contribution in [-0.4, -0.2) is 33.9 Å². The molecule has 1 aromatic heterocycles. The summed E-state index contributed by atoms with van der Waals surface area (Å²) < 4.78 is 5.59. The standard InChI is InChI=1S/C15H15Cl2N3O3S2/c1-3-11(13(22)23-4-2)24-15-20-19-14(25-15)18-12(21)9-6-5-8(16)7-10(9)17/h5-7,11H,3-4H2,1-2H3,(H,18,19,21)/t11-/m0/s1. The molecule has 0 unspecified atom stereocenters. The minimum absolute atomic E-state index is 0.248. The first-order chi connectivity index (χ1) is 11.9. The van der Waals surface area contributed by atoms with Crippen LogP contribution in [-0.2, 0) is 9.53 Å². The molecule has 0 saturated heterocycles. The number of anilines is 1. The zero-order valence-corrected chi connectivity index (χ0v) is 16.6. The number of nitrogens with zero attached hydrogens (tertiary/aromatic N) is 2. The summed E-state index contributed by atoms with van der Waals surface area (Å²) in [5.74, 6) is -0.699. The van der Waals surface area contributed by atoms with Crippen LogP contribution in [0.2, 0.25) is 10.0 Å². The number of amides is 1. The summed E-state index contributed by atoms with van der Waals surface area (Å²) in [5.41, 5.74) is 0.286. The second kappa shape index (κ2) is 9.38. The molecule has 0 fully saturated rings. The van der Waals surface area contributed by atoms with E-state index in [4.69, 9.17) is 27.9 Å². The molecule has 0 aliphatic heterocycles. The van der Waals surface area contributed by atoms with E-state index < -0.39 is 5.91 Å². The maximum Gasteiger partial charge on any atom is 0.319 e. The molecule has 1 amide bonds. The van der Waals surface area contributed by atoms with Crippen molar-refractivity contribution in [2.75, 3.05) is 11.9 Å². The third kappa shape index (κ3) is 5.57. The van der Waals surface area contributed by atoms with Crippen molar-refractivity contribution >= 4 is 63.3 Å². The smallest absolute Gasteiger partial charge is 0.319 e. The van der Waals surface area contributed by atoms with Gasteiger partial charge in [-0.15, -0.1) is 10.2 Å². The zero-order chi connectivity index (χ0) is 18.4. The molecule has 0 saturated carbocycles. The Morgan fingerprint density at radius 2 is 2.08 bits per heavy atom. The lowest BCUT2D eigenvalue weighted by Gasteiger charge is -2.10. The number of nitrogens with one attached hydrogen (secondary N) is 1. The molecule has 0 spiro atoms. The van der Waals surface area contributed by atoms with Crippen molar-refractivity contribution in [1.29, 1.82) is 0 Å². The predicted octanol–water partition coefficient (Wildman–Crippen LogP) is 4.53. The number of halogens is 2. The van der Waals surface area contributed by atoms with Gasteiger partial charge in [-0.2, -0.15) is 0 Å². The monoisotopic (exact) mass is 419 g/mol. The summed E-state index contributed by atoms with van der Waals surface area (Å²) in [4.78, 5) is 24.1. The molecule has 1 N–H and O–H groups in total. The fourth-order valence-corrected chi connectivity index (χ4v) is 4.21. The van der Waals surface area contributed by atoms with Crippen LogP contribution in [0, 0.1) is 0 Å². The second-order valence-corrected chi connectivity index (χ2v) is 7.99. The summed E-state index contributed by atoms with van der Waals surface area (Å²) in [6, 6.07) is 4.60. The number of esters is 1. The molecular weight excluding hydrogens is 405 g/mol. The van der Waals surface area contributed by atoms with E-state index in [1.54, 1.807) is 13.0 Å². The molecule has 1 atom stereocenters. The van der Waals surface area contributed by atoms with Gasteiger partial charge in [0.15, 0.2) is 4.34 Å². The van der Waals surface area contributed by atoms with E-state index in [9.17, 15) is 9.59 Å². The van der Waals surface area contributed by atoms with Gasteiger partial charge in [-0.25, -0.2) is 0 Å². The number of aromatic nitrogens is 2. The molecule has 10 heteroatoms. The molecule has 0 radical (unpaired) electrons. The molecule has 2 rings (SSSR count). The number of ether oxygens (including phenoxy) is 1. The highest BCUT2D eigenvalue weighted by Crippen LogP contribution is 2.31. The molecule has 1 heterocycles. The van der Waals surface area contributed by atoms with Gasteiger partial charge in [0.05, 0.1) is 17.2 Å². The molecule has 0 bridgehead atoms. The highest BCUT2D eigenvalue weighted by Gasteiger charge is 2.22. The van der Waals surface area contributed by atoms with Gasteiger partial charge in [0.1, 0.15) is 5.25 Å². The van der Waals surface area contributed by atoms with Crippen LogP contribution in [0.4, 0.5) is 5.13 Å². The number of thioether (sulfide) groups is 1. The van der Waals surface area contributed by atoms with Gasteiger partial charge in [0.2, 0.25) is 5.13 Å². The largest absolute Gasteiger partial charge is 0.465 e. The van der Waals surface area contributed by atoms with Crippen molar-refractivity contribution in [3.63, 3.8) is 0 Å². The normalized spacial score (nSPS) is 11.8. The summed E-state index contributed by atoms with van der Waals surface area (Å²) in [6.07, 6.45) is 0.602. The van der Waals surface area contributed by atoms with Gasteiger partial charge >= 0.3 is 5.97 Å². The van der Waals surface area contributed by atoms with Gasteiger partial charge in [0, 0.05) is 5.02 Å². The van der Waals surface area contributed by atoms with E-state index in [0.717, 1.165) is 0 Å². The number of rotatable bonds is 7. The lowest BCUT2D eigenvalue weighted by molar-refractivity contribution is -0.142. The van der Waals surface area contributed by atoms with Crippen LogP contribution >= 0.6 is 46.3 Å². The van der Waals surface area contributed by atoms with Crippen molar-refractivity contribution in [3.8, 4) is 0 Å². The first-order valence-corrected chi connectivity index (χ1v) is 9.83. The zero-order valence-electron chi connectivity index (χ0n) is 13.4. The average molecular weight is 420 g/mol. The Hall–Kier alpha value is -1.35. The van der Waals surface area contributed by atoms with Crippen molar-refractivity contribution < 1.29 is 14.3 Å². The minimum Gasteiger partial charge on any atom is -0.465 e. The number of carbonyl (C=O) groups excluding carboxylic acids is 2. The average Bonchev–Trinajstić information content (AvgIpc) is 2.99. The number of hydrogen-bond donors (Lipinski definition) is 1. The summed E-state index contributed by atoms with van der Waals surface area (Å²) in [7, 11) is 0. The van der Waals surface area contributed by atoms with E-state index in [1.807, 2.05) is 6.92 Å². The lowest BCUT2D eigenvalue weighted by atomic mass is 10.2. The molecule has 1 aromatic carbocycles. The Balaban J connectivity index is 2.03. The number of benzene rings is 1. The van der Waals surface area contributed by atoms with Crippen molar-refractivity contribution in [2.45, 2.75) is 29.9 Å². The fraction of sp³-hybridized carbons (Fsp3) is 0.333. The lowest BCUT2D eigenvalue weighted by Crippen LogP contribution is -2.19. The molecular formula is C15H15Cl2N3O3S2. The van der Waals surface area contributed by atoms with E-state index in [-0.39, 0.29) is 21.8 Å². The molecule has 25 heavy (non-hydrogen) atoms. The third-order valence-electron chi connectivity index (χ3n) is 2.97. The number of carbonyl (C=O) groups is 2. The fourth-order valence-electron chi connectivity index (χ4n) is 1.80. The first kappa shape index (κ1) is 20.0. The van der Waals surface area contributed by atoms with E-state index >= 15 is 0 Å². The Bertz CT molecular complexity index is 770. The second-order valence-electron chi connectivity index (χ2n) is 4.72. The SMILES string of the molecule is CCOC(=O)[C@H](CC)Sc1nnc(NC(=O)c2ccc(Cl)cc2Cl)s1. The minimum atomic E-state index is -0.410. The van der Waals surface area contributed by atoms with E-state index in [2.05, 4.69) is 15.5 Å². The highest BCUT2D eigenvalue weighted by molar-refractivity contribution is 8.02. The van der Waals surface area contributed by atoms with Crippen LogP contribution in [0.3, 0.4) is 0 Å². The predicted molar refractivity (Wildman–Crippen MR) is 101 cm³/mol. The third-order valence-corrected chi connectivity index (χ3v) is 5.78. The molecule has 2 aromatic rings. The van der Waals surface area contributed by atoms with Gasteiger partial charge < -0.3 is 4.74 Å². The van der Waals surface area contributed by atoms with Crippen molar-refractivity contribution in [1.82, 2.24) is 10.2 Å². The highest BCUT2D eigenvalue weighted by atomic mass is 35.5. The van der Waals surface area contributed by atoms with Crippen LogP contribution < -0.4 is 5.32 Å². The summed E-state index contributed by atoms with van der Waals surface area (Å²) in [6.45, 7) is 3.98. The summed E-state index contributed by atoms with van der Waals surface area (Å²) in [5, 5.41) is 11.2. The van der Waals surface area contributed by atoms with Gasteiger partial charge in [-0.05, 0) is 31.5 Å². The van der Waals surface area contributed by atoms with Gasteiger partial charge in [-0.3, -0.25) is 14.9 Å². The quantitative estimate of drug-likeness (QED) is 0.403. The van der Waals surface area contributed by atoms with Gasteiger partial charge in [-0.1, -0.05) is 53.2 Å². The summed E-state index contributed by atoms with van der Waals surface area (Å²) >= 11 is 14.3. The van der Waals surface area contributed by atoms with E-state index in [1.165, 1.54) is 35.2 Å². The van der Waals surface area contributed by atoms with Gasteiger partial charge in [0.25, 0.3) is 5.91 Å². The Labute approximate surface area is 163 Å². The topological polar surface area (TPSA) is 81.2 Å². The van der Waals surface area contributed by atoms with Crippen molar-refractivity contribution in [3.05, 3.63) is 33.8 Å². The maximum atomic E-state index is 12.2. The maximum absolute atomic E-state index is 12.2. The van der Waals surface area contributed by atoms with Crippen LogP contribution in [0.25, 0.3) is 0 Å². The van der Waals surface area contributed by atoms with Crippen molar-refractivity contribution in [2.24, 2.45) is 0 Å². The number of hydrogen-bond acceptors (Lipinski definition) is 7. The van der Waals surface area contributed by atoms with Crippen LogP contribution in [0.1, 0.15) is 30.6 Å².